The molecule has 0 amide bonds. The lowest BCUT2D eigenvalue weighted by Crippen LogP contribution is -2.11. The number of fused-ring (bicyclic) bond motifs is 1. The van der Waals surface area contributed by atoms with Crippen molar-refractivity contribution in [3.05, 3.63) is 34.0 Å². The van der Waals surface area contributed by atoms with Crippen LogP contribution in [0, 0.1) is 13.8 Å². The number of anilines is 1. The lowest BCUT2D eigenvalue weighted by Gasteiger charge is -2.14. The van der Waals surface area contributed by atoms with Crippen LogP contribution in [0.5, 0.6) is 0 Å². The van der Waals surface area contributed by atoms with Gasteiger partial charge in [0.05, 0.1) is 16.2 Å². The molecular weight excluding hydrogens is 234 g/mol. The molecule has 0 aliphatic heterocycles. The smallest absolute Gasteiger partial charge is 0.0913 e. The van der Waals surface area contributed by atoms with Crippen LogP contribution in [0.15, 0.2) is 12.1 Å². The Labute approximate surface area is 106 Å². The van der Waals surface area contributed by atoms with Crippen LogP contribution < -0.4 is 11.3 Å². The van der Waals surface area contributed by atoms with Crippen LogP contribution in [0.1, 0.15) is 23.7 Å². The number of aryl methyl sites for hydroxylation is 2. The summed E-state index contributed by atoms with van der Waals surface area (Å²) < 4.78 is 0. The van der Waals surface area contributed by atoms with Crippen molar-refractivity contribution >= 4 is 28.2 Å². The van der Waals surface area contributed by atoms with Crippen molar-refractivity contribution in [2.24, 2.45) is 5.84 Å². The summed E-state index contributed by atoms with van der Waals surface area (Å²) in [6, 6.07) is 3.97. The number of hydrogen-bond donors (Lipinski definition) is 2. The number of halogens is 1. The minimum absolute atomic E-state index is 0.672. The highest BCUT2D eigenvalue weighted by molar-refractivity contribution is 6.35. The van der Waals surface area contributed by atoms with Crippen LogP contribution >= 0.6 is 11.6 Å². The number of nitrogens with one attached hydrogen (secondary N) is 1. The molecule has 0 fully saturated rings. The summed E-state index contributed by atoms with van der Waals surface area (Å²) >= 11 is 6.24. The highest BCUT2D eigenvalue weighted by atomic mass is 35.5. The Bertz CT molecular complexity index is 579. The van der Waals surface area contributed by atoms with Crippen molar-refractivity contribution < 1.29 is 0 Å². The van der Waals surface area contributed by atoms with Crippen LogP contribution in [-0.4, -0.2) is 4.98 Å². The van der Waals surface area contributed by atoms with E-state index in [1.165, 1.54) is 0 Å². The van der Waals surface area contributed by atoms with E-state index < -0.39 is 0 Å². The molecule has 0 bridgehead atoms. The maximum absolute atomic E-state index is 6.24. The Morgan fingerprint density at radius 3 is 2.65 bits per heavy atom. The zero-order valence-corrected chi connectivity index (χ0v) is 11.0. The molecule has 2 rings (SSSR count). The highest BCUT2D eigenvalue weighted by Crippen LogP contribution is 2.32. The molecular formula is C13H16ClN3. The minimum Gasteiger partial charge on any atom is -0.323 e. The molecule has 0 spiro atoms. The maximum atomic E-state index is 6.24. The highest BCUT2D eigenvalue weighted by Gasteiger charge is 2.12. The van der Waals surface area contributed by atoms with Gasteiger partial charge >= 0.3 is 0 Å². The van der Waals surface area contributed by atoms with Gasteiger partial charge in [0.1, 0.15) is 0 Å². The molecule has 0 aliphatic carbocycles. The summed E-state index contributed by atoms with van der Waals surface area (Å²) in [6.45, 7) is 6.11. The molecule has 0 atom stereocenters. The first kappa shape index (κ1) is 12.1. The van der Waals surface area contributed by atoms with Crippen LogP contribution in [0.2, 0.25) is 5.02 Å². The fraction of sp³-hybridized carbons (Fsp3) is 0.308. The van der Waals surface area contributed by atoms with Crippen molar-refractivity contribution in [2.45, 2.75) is 27.2 Å². The second-order valence-corrected chi connectivity index (χ2v) is 4.61. The number of aromatic nitrogens is 1. The van der Waals surface area contributed by atoms with Gasteiger partial charge in [-0.3, -0.25) is 10.8 Å². The van der Waals surface area contributed by atoms with Gasteiger partial charge in [-0.15, -0.1) is 0 Å². The standard InChI is InChI=1S/C13H16ClN3/c1-4-11-8(3)12(17-15)9-5-7(2)6-10(14)13(9)16-11/h5-6H,4,15H2,1-3H3,(H,16,17). The van der Waals surface area contributed by atoms with Crippen molar-refractivity contribution in [1.82, 2.24) is 4.98 Å². The second kappa shape index (κ2) is 4.51. The summed E-state index contributed by atoms with van der Waals surface area (Å²) in [5.74, 6) is 5.62. The molecule has 3 nitrogen and oxygen atoms in total. The molecule has 17 heavy (non-hydrogen) atoms. The topological polar surface area (TPSA) is 50.9 Å². The number of nitrogen functional groups attached to an aromatic ring is 1. The van der Waals surface area contributed by atoms with E-state index in [4.69, 9.17) is 17.4 Å². The van der Waals surface area contributed by atoms with Crippen molar-refractivity contribution in [3.63, 3.8) is 0 Å². The quantitative estimate of drug-likeness (QED) is 0.634. The molecule has 0 saturated carbocycles. The van der Waals surface area contributed by atoms with E-state index in [0.717, 1.165) is 39.8 Å². The molecule has 0 aliphatic rings. The van der Waals surface area contributed by atoms with Gasteiger partial charge in [-0.1, -0.05) is 18.5 Å². The number of hydrazine groups is 1. The van der Waals surface area contributed by atoms with E-state index in [-0.39, 0.29) is 0 Å². The Morgan fingerprint density at radius 2 is 2.06 bits per heavy atom. The number of hydrogen-bond acceptors (Lipinski definition) is 3. The first-order valence-electron chi connectivity index (χ1n) is 5.64. The van der Waals surface area contributed by atoms with Crippen LogP contribution in [-0.2, 0) is 6.42 Å². The summed E-state index contributed by atoms with van der Waals surface area (Å²) in [7, 11) is 0. The van der Waals surface area contributed by atoms with E-state index in [9.17, 15) is 0 Å². The first-order chi connectivity index (χ1) is 8.08. The van der Waals surface area contributed by atoms with Gasteiger partial charge in [0.15, 0.2) is 0 Å². The normalized spacial score (nSPS) is 10.9. The summed E-state index contributed by atoms with van der Waals surface area (Å²) in [5.41, 5.74) is 7.71. The predicted molar refractivity (Wildman–Crippen MR) is 73.4 cm³/mol. The zero-order chi connectivity index (χ0) is 12.6. The van der Waals surface area contributed by atoms with Gasteiger partial charge in [0, 0.05) is 11.1 Å². The average molecular weight is 250 g/mol. The molecule has 0 unspecified atom stereocenters. The largest absolute Gasteiger partial charge is 0.323 e. The average Bonchev–Trinajstić information content (AvgIpc) is 2.28. The molecule has 0 saturated heterocycles. The van der Waals surface area contributed by atoms with Gasteiger partial charge < -0.3 is 5.43 Å². The number of nitrogens with zero attached hydrogens (tertiary/aromatic N) is 1. The summed E-state index contributed by atoms with van der Waals surface area (Å²) in [6.07, 6.45) is 0.862. The predicted octanol–water partition coefficient (Wildman–Crippen LogP) is 3.35. The first-order valence-corrected chi connectivity index (χ1v) is 6.02. The van der Waals surface area contributed by atoms with Crippen molar-refractivity contribution in [3.8, 4) is 0 Å². The third kappa shape index (κ3) is 1.96. The number of benzene rings is 1. The second-order valence-electron chi connectivity index (χ2n) is 4.20. The zero-order valence-electron chi connectivity index (χ0n) is 10.3. The van der Waals surface area contributed by atoms with E-state index in [1.807, 2.05) is 19.9 Å². The molecule has 1 aromatic heterocycles. The molecule has 90 valence electrons. The fourth-order valence-electron chi connectivity index (χ4n) is 2.13. The Balaban J connectivity index is 2.92. The molecule has 3 N–H and O–H groups in total. The van der Waals surface area contributed by atoms with Gasteiger partial charge in [-0.2, -0.15) is 0 Å². The number of rotatable bonds is 2. The third-order valence-electron chi connectivity index (χ3n) is 3.01. The molecule has 1 heterocycles. The van der Waals surface area contributed by atoms with E-state index in [0.29, 0.717) is 5.02 Å². The molecule has 1 aromatic carbocycles. The number of pyridine rings is 1. The molecule has 0 radical (unpaired) electrons. The van der Waals surface area contributed by atoms with E-state index in [1.54, 1.807) is 0 Å². The minimum atomic E-state index is 0.672. The molecule has 4 heteroatoms. The Hall–Kier alpha value is -1.32. The summed E-state index contributed by atoms with van der Waals surface area (Å²) in [4.78, 5) is 4.62. The van der Waals surface area contributed by atoms with Crippen molar-refractivity contribution in [1.29, 1.82) is 0 Å². The lowest BCUT2D eigenvalue weighted by molar-refractivity contribution is 1.03. The van der Waals surface area contributed by atoms with Crippen LogP contribution in [0.3, 0.4) is 0 Å². The van der Waals surface area contributed by atoms with Crippen LogP contribution in [0.4, 0.5) is 5.69 Å². The van der Waals surface area contributed by atoms with Crippen LogP contribution in [0.25, 0.3) is 10.9 Å². The lowest BCUT2D eigenvalue weighted by atomic mass is 10.0. The van der Waals surface area contributed by atoms with Gasteiger partial charge in [0.25, 0.3) is 0 Å². The van der Waals surface area contributed by atoms with Gasteiger partial charge in [-0.05, 0) is 43.5 Å². The Kier molecular flexibility index (Phi) is 3.22. The third-order valence-corrected chi connectivity index (χ3v) is 3.30. The molecule has 2 aromatic rings. The maximum Gasteiger partial charge on any atom is 0.0913 e. The number of nitrogens with two attached hydrogens (primary N) is 1. The van der Waals surface area contributed by atoms with Gasteiger partial charge in [0.2, 0.25) is 0 Å². The van der Waals surface area contributed by atoms with Crippen molar-refractivity contribution in [2.75, 3.05) is 5.43 Å². The SMILES string of the molecule is CCc1nc2c(Cl)cc(C)cc2c(NN)c1C. The monoisotopic (exact) mass is 249 g/mol. The van der Waals surface area contributed by atoms with Gasteiger partial charge in [-0.25, -0.2) is 0 Å². The van der Waals surface area contributed by atoms with E-state index in [2.05, 4.69) is 23.4 Å². The Morgan fingerprint density at radius 1 is 1.35 bits per heavy atom. The summed E-state index contributed by atoms with van der Waals surface area (Å²) in [5, 5.41) is 1.65. The fourth-order valence-corrected chi connectivity index (χ4v) is 2.45. The van der Waals surface area contributed by atoms with E-state index >= 15 is 0 Å².